The molecule has 0 spiro atoms. The van der Waals surface area contributed by atoms with Crippen molar-refractivity contribution in [3.63, 3.8) is 0 Å². The third-order valence-corrected chi connectivity index (χ3v) is 3.41. The van der Waals surface area contributed by atoms with Crippen molar-refractivity contribution in [2.45, 2.75) is 46.0 Å². The molecule has 1 aliphatic rings. The van der Waals surface area contributed by atoms with Gasteiger partial charge in [-0.05, 0) is 26.2 Å². The van der Waals surface area contributed by atoms with E-state index in [0.717, 1.165) is 44.1 Å². The zero-order valence-corrected chi connectivity index (χ0v) is 12.1. The van der Waals surface area contributed by atoms with Crippen molar-refractivity contribution in [2.75, 3.05) is 30.4 Å². The first kappa shape index (κ1) is 14.1. The standard InChI is InChI=1S/C14H25N5/c1-3-8-12-13(15-4-2)16-11-17-14(12)18-19-9-6-5-7-10-19/h11H,3-10H2,1-2H3,(H2,15,16,17,18). The Labute approximate surface area is 115 Å². The third kappa shape index (κ3) is 3.80. The number of hydrogen-bond acceptors (Lipinski definition) is 5. The highest BCUT2D eigenvalue weighted by Gasteiger charge is 2.15. The van der Waals surface area contributed by atoms with E-state index in [4.69, 9.17) is 0 Å². The highest BCUT2D eigenvalue weighted by atomic mass is 15.5. The minimum atomic E-state index is 0.886. The normalized spacial score (nSPS) is 16.3. The van der Waals surface area contributed by atoms with Crippen LogP contribution in [0.15, 0.2) is 6.33 Å². The van der Waals surface area contributed by atoms with Crippen LogP contribution in [0, 0.1) is 0 Å². The molecule has 1 aliphatic heterocycles. The molecule has 1 fully saturated rings. The minimum absolute atomic E-state index is 0.886. The maximum absolute atomic E-state index is 4.43. The summed E-state index contributed by atoms with van der Waals surface area (Å²) in [6.45, 7) is 7.37. The lowest BCUT2D eigenvalue weighted by atomic mass is 10.1. The first-order valence-electron chi connectivity index (χ1n) is 7.44. The molecule has 0 bridgehead atoms. The van der Waals surface area contributed by atoms with E-state index in [-0.39, 0.29) is 0 Å². The quantitative estimate of drug-likeness (QED) is 0.826. The number of nitrogens with zero attached hydrogens (tertiary/aromatic N) is 3. The lowest BCUT2D eigenvalue weighted by molar-refractivity contribution is 0.272. The Morgan fingerprint density at radius 1 is 1.11 bits per heavy atom. The summed E-state index contributed by atoms with van der Waals surface area (Å²) >= 11 is 0. The van der Waals surface area contributed by atoms with Crippen LogP contribution in [0.3, 0.4) is 0 Å². The Kier molecular flexibility index (Phi) is 5.39. The molecule has 0 radical (unpaired) electrons. The molecule has 2 rings (SSSR count). The van der Waals surface area contributed by atoms with Crippen LogP contribution in [0.2, 0.25) is 0 Å². The minimum Gasteiger partial charge on any atom is -0.370 e. The summed E-state index contributed by atoms with van der Waals surface area (Å²) in [7, 11) is 0. The summed E-state index contributed by atoms with van der Waals surface area (Å²) in [4.78, 5) is 8.79. The van der Waals surface area contributed by atoms with Crippen LogP contribution < -0.4 is 10.7 Å². The van der Waals surface area contributed by atoms with Gasteiger partial charge < -0.3 is 10.7 Å². The Bertz CT molecular complexity index is 387. The zero-order valence-electron chi connectivity index (χ0n) is 12.1. The highest BCUT2D eigenvalue weighted by Crippen LogP contribution is 2.22. The molecule has 0 saturated carbocycles. The van der Waals surface area contributed by atoms with Gasteiger partial charge in [-0.15, -0.1) is 0 Å². The summed E-state index contributed by atoms with van der Waals surface area (Å²) in [5.74, 6) is 1.94. The van der Waals surface area contributed by atoms with E-state index in [9.17, 15) is 0 Å². The number of piperidine rings is 1. The van der Waals surface area contributed by atoms with Crippen LogP contribution in [-0.4, -0.2) is 34.6 Å². The average Bonchev–Trinajstić information content (AvgIpc) is 2.44. The third-order valence-electron chi connectivity index (χ3n) is 3.41. The van der Waals surface area contributed by atoms with Gasteiger partial charge in [-0.1, -0.05) is 19.8 Å². The van der Waals surface area contributed by atoms with Crippen molar-refractivity contribution in [2.24, 2.45) is 0 Å². The van der Waals surface area contributed by atoms with Gasteiger partial charge in [0.25, 0.3) is 0 Å². The number of nitrogens with one attached hydrogen (secondary N) is 2. The van der Waals surface area contributed by atoms with Crippen molar-refractivity contribution in [1.82, 2.24) is 15.0 Å². The largest absolute Gasteiger partial charge is 0.370 e. The maximum atomic E-state index is 4.43. The molecular weight excluding hydrogens is 238 g/mol. The lowest BCUT2D eigenvalue weighted by Crippen LogP contribution is -2.35. The zero-order chi connectivity index (χ0) is 13.5. The molecule has 1 aromatic rings. The summed E-state index contributed by atoms with van der Waals surface area (Å²) in [5.41, 5.74) is 4.68. The van der Waals surface area contributed by atoms with Gasteiger partial charge in [0.05, 0.1) is 0 Å². The summed E-state index contributed by atoms with van der Waals surface area (Å²) < 4.78 is 0. The average molecular weight is 263 g/mol. The highest BCUT2D eigenvalue weighted by molar-refractivity contribution is 5.57. The van der Waals surface area contributed by atoms with Gasteiger partial charge in [0.15, 0.2) is 0 Å². The second-order valence-electron chi connectivity index (χ2n) is 4.99. The molecule has 1 saturated heterocycles. The first-order valence-corrected chi connectivity index (χ1v) is 7.44. The maximum Gasteiger partial charge on any atom is 0.149 e. The van der Waals surface area contributed by atoms with Crippen LogP contribution in [-0.2, 0) is 6.42 Å². The van der Waals surface area contributed by atoms with E-state index < -0.39 is 0 Å². The van der Waals surface area contributed by atoms with Crippen LogP contribution in [0.25, 0.3) is 0 Å². The molecule has 0 unspecified atom stereocenters. The van der Waals surface area contributed by atoms with Crippen LogP contribution in [0.4, 0.5) is 11.6 Å². The Morgan fingerprint density at radius 2 is 1.84 bits per heavy atom. The molecule has 5 nitrogen and oxygen atoms in total. The smallest absolute Gasteiger partial charge is 0.149 e. The van der Waals surface area contributed by atoms with Crippen molar-refractivity contribution >= 4 is 11.6 Å². The number of rotatable bonds is 6. The van der Waals surface area contributed by atoms with Gasteiger partial charge in [0.1, 0.15) is 18.0 Å². The summed E-state index contributed by atoms with van der Waals surface area (Å²) in [5, 5.41) is 5.61. The monoisotopic (exact) mass is 263 g/mol. The number of hydrogen-bond donors (Lipinski definition) is 2. The van der Waals surface area contributed by atoms with Gasteiger partial charge in [0, 0.05) is 25.2 Å². The molecule has 106 valence electrons. The number of aromatic nitrogens is 2. The molecule has 19 heavy (non-hydrogen) atoms. The predicted octanol–water partition coefficient (Wildman–Crippen LogP) is 2.67. The fraction of sp³-hybridized carbons (Fsp3) is 0.714. The van der Waals surface area contributed by atoms with Crippen molar-refractivity contribution < 1.29 is 0 Å². The second kappa shape index (κ2) is 7.28. The van der Waals surface area contributed by atoms with Gasteiger partial charge in [-0.25, -0.2) is 15.0 Å². The molecule has 0 atom stereocenters. The summed E-state index contributed by atoms with van der Waals surface area (Å²) in [6.07, 6.45) is 7.61. The van der Waals surface area contributed by atoms with Gasteiger partial charge in [-0.2, -0.15) is 0 Å². The van der Waals surface area contributed by atoms with E-state index >= 15 is 0 Å². The topological polar surface area (TPSA) is 53.1 Å². The fourth-order valence-electron chi connectivity index (χ4n) is 2.47. The molecule has 1 aromatic heterocycles. The molecule has 0 aliphatic carbocycles. The Hall–Kier alpha value is -1.36. The SMILES string of the molecule is CCCc1c(NCC)ncnc1NN1CCCCC1. The molecule has 2 heterocycles. The van der Waals surface area contributed by atoms with E-state index in [1.165, 1.54) is 24.8 Å². The van der Waals surface area contributed by atoms with Gasteiger partial charge in [0.2, 0.25) is 0 Å². The molecule has 0 aromatic carbocycles. The van der Waals surface area contributed by atoms with Crippen LogP contribution in [0.1, 0.15) is 45.1 Å². The number of hydrazine groups is 1. The lowest BCUT2D eigenvalue weighted by Gasteiger charge is -2.28. The van der Waals surface area contributed by atoms with Gasteiger partial charge in [-0.3, -0.25) is 0 Å². The van der Waals surface area contributed by atoms with E-state index in [0.29, 0.717) is 0 Å². The van der Waals surface area contributed by atoms with Gasteiger partial charge >= 0.3 is 0 Å². The Balaban J connectivity index is 2.14. The number of anilines is 2. The summed E-state index contributed by atoms with van der Waals surface area (Å²) in [6, 6.07) is 0. The fourth-order valence-corrected chi connectivity index (χ4v) is 2.47. The van der Waals surface area contributed by atoms with E-state index in [1.807, 2.05) is 0 Å². The van der Waals surface area contributed by atoms with Crippen molar-refractivity contribution in [1.29, 1.82) is 0 Å². The molecular formula is C14H25N5. The molecule has 0 amide bonds. The van der Waals surface area contributed by atoms with Crippen molar-refractivity contribution in [3.05, 3.63) is 11.9 Å². The first-order chi connectivity index (χ1) is 9.35. The molecule has 2 N–H and O–H groups in total. The second-order valence-corrected chi connectivity index (χ2v) is 4.99. The van der Waals surface area contributed by atoms with Crippen LogP contribution in [0.5, 0.6) is 0 Å². The van der Waals surface area contributed by atoms with E-state index in [1.54, 1.807) is 6.33 Å². The predicted molar refractivity (Wildman–Crippen MR) is 79.2 cm³/mol. The van der Waals surface area contributed by atoms with Crippen molar-refractivity contribution in [3.8, 4) is 0 Å². The molecule has 5 heteroatoms. The van der Waals surface area contributed by atoms with E-state index in [2.05, 4.69) is 39.6 Å². The Morgan fingerprint density at radius 3 is 2.53 bits per heavy atom. The van der Waals surface area contributed by atoms with Crippen LogP contribution >= 0.6 is 0 Å².